The first kappa shape index (κ1) is 20.9. The van der Waals surface area contributed by atoms with E-state index in [9.17, 15) is 14.6 Å². The van der Waals surface area contributed by atoms with Crippen LogP contribution in [0.4, 0.5) is 10.2 Å². The lowest BCUT2D eigenvalue weighted by atomic mass is 9.96. The molecule has 3 heterocycles. The molecule has 0 bridgehead atoms. The molecule has 5 rings (SSSR count). The van der Waals surface area contributed by atoms with Crippen molar-refractivity contribution in [2.24, 2.45) is 0 Å². The number of aliphatic hydroxyl groups is 1. The summed E-state index contributed by atoms with van der Waals surface area (Å²) in [5.41, 5.74) is 1.59. The molecule has 8 heteroatoms. The molecule has 4 aromatic rings. The minimum atomic E-state index is -0.529. The zero-order valence-electron chi connectivity index (χ0n) is 18.1. The van der Waals surface area contributed by atoms with Crippen LogP contribution in [0, 0.1) is 18.2 Å². The SMILES string of the molecule is C#Cc1c(F)ccc2cc(O)cc(-c3cc4nc(OC)ncc4c(N4CC(O)CC4C)n3)c12. The number of aromatic nitrogens is 3. The number of halogens is 1. The summed E-state index contributed by atoms with van der Waals surface area (Å²) in [5.74, 6) is 2.49. The van der Waals surface area contributed by atoms with Crippen LogP contribution in [0.25, 0.3) is 32.9 Å². The molecule has 2 atom stereocenters. The lowest BCUT2D eigenvalue weighted by Crippen LogP contribution is -2.28. The van der Waals surface area contributed by atoms with E-state index >= 15 is 0 Å². The minimum absolute atomic E-state index is 0.000701. The molecule has 166 valence electrons. The first-order valence-corrected chi connectivity index (χ1v) is 10.5. The Morgan fingerprint density at radius 2 is 2.06 bits per heavy atom. The predicted octanol–water partition coefficient (Wildman–Crippen LogP) is 3.64. The number of aromatic hydroxyl groups is 1. The Labute approximate surface area is 189 Å². The average molecular weight is 444 g/mol. The Kier molecular flexibility index (Phi) is 4.99. The number of rotatable bonds is 3. The molecule has 0 saturated carbocycles. The lowest BCUT2D eigenvalue weighted by Gasteiger charge is -2.24. The number of fused-ring (bicyclic) bond motifs is 2. The van der Waals surface area contributed by atoms with E-state index in [1.165, 1.54) is 25.3 Å². The first-order valence-electron chi connectivity index (χ1n) is 10.5. The summed E-state index contributed by atoms with van der Waals surface area (Å²) < 4.78 is 19.8. The fourth-order valence-corrected chi connectivity index (χ4v) is 4.52. The first-order chi connectivity index (χ1) is 15.9. The van der Waals surface area contributed by atoms with Gasteiger partial charge in [-0.1, -0.05) is 12.0 Å². The summed E-state index contributed by atoms with van der Waals surface area (Å²) in [6.07, 6.45) is 7.40. The van der Waals surface area contributed by atoms with Gasteiger partial charge in [-0.25, -0.2) is 14.4 Å². The lowest BCUT2D eigenvalue weighted by molar-refractivity contribution is 0.195. The maximum absolute atomic E-state index is 14.6. The van der Waals surface area contributed by atoms with E-state index in [4.69, 9.17) is 16.1 Å². The van der Waals surface area contributed by atoms with Crippen LogP contribution < -0.4 is 9.64 Å². The highest BCUT2D eigenvalue weighted by Crippen LogP contribution is 2.38. The number of β-amino-alcohol motifs (C(OH)–C–C–N with tert-alkyl or cyclic N) is 1. The molecule has 1 aliphatic heterocycles. The summed E-state index contributed by atoms with van der Waals surface area (Å²) in [6.45, 7) is 2.42. The van der Waals surface area contributed by atoms with E-state index in [1.807, 2.05) is 11.8 Å². The molecule has 1 saturated heterocycles. The molecule has 2 N–H and O–H groups in total. The van der Waals surface area contributed by atoms with Crippen LogP contribution in [0.5, 0.6) is 11.8 Å². The second kappa shape index (κ2) is 7.87. The third-order valence-electron chi connectivity index (χ3n) is 6.02. The van der Waals surface area contributed by atoms with Gasteiger partial charge in [0.1, 0.15) is 17.4 Å². The maximum Gasteiger partial charge on any atom is 0.316 e. The van der Waals surface area contributed by atoms with Crippen molar-refractivity contribution < 1.29 is 19.3 Å². The number of terminal acetylenes is 1. The molecule has 0 radical (unpaired) electrons. The van der Waals surface area contributed by atoms with Crippen LogP contribution in [0.2, 0.25) is 0 Å². The number of hydrogen-bond acceptors (Lipinski definition) is 7. The summed E-state index contributed by atoms with van der Waals surface area (Å²) in [4.78, 5) is 15.6. The zero-order valence-corrected chi connectivity index (χ0v) is 18.1. The number of pyridine rings is 1. The van der Waals surface area contributed by atoms with Gasteiger partial charge in [0.15, 0.2) is 0 Å². The van der Waals surface area contributed by atoms with Gasteiger partial charge in [-0.15, -0.1) is 6.42 Å². The largest absolute Gasteiger partial charge is 0.508 e. The summed E-state index contributed by atoms with van der Waals surface area (Å²) in [7, 11) is 1.48. The molecular weight excluding hydrogens is 423 g/mol. The number of aliphatic hydroxyl groups excluding tert-OH is 1. The van der Waals surface area contributed by atoms with Gasteiger partial charge < -0.3 is 19.8 Å². The minimum Gasteiger partial charge on any atom is -0.508 e. The van der Waals surface area contributed by atoms with Gasteiger partial charge in [-0.3, -0.25) is 0 Å². The van der Waals surface area contributed by atoms with E-state index in [0.29, 0.717) is 51.7 Å². The number of anilines is 1. The molecular formula is C25H21FN4O3. The maximum atomic E-state index is 14.6. The van der Waals surface area contributed by atoms with Crippen LogP contribution in [0.1, 0.15) is 18.9 Å². The van der Waals surface area contributed by atoms with Gasteiger partial charge in [-0.2, -0.15) is 4.98 Å². The van der Waals surface area contributed by atoms with Gasteiger partial charge in [0.05, 0.1) is 35.4 Å². The summed E-state index contributed by atoms with van der Waals surface area (Å²) in [5, 5.41) is 22.4. The van der Waals surface area contributed by atoms with Crippen molar-refractivity contribution >= 4 is 27.5 Å². The molecule has 2 unspecified atom stereocenters. The second-order valence-electron chi connectivity index (χ2n) is 8.17. The average Bonchev–Trinajstić information content (AvgIpc) is 3.15. The highest BCUT2D eigenvalue weighted by molar-refractivity contribution is 6.03. The van der Waals surface area contributed by atoms with Crippen molar-refractivity contribution in [1.82, 2.24) is 15.0 Å². The van der Waals surface area contributed by atoms with Gasteiger partial charge in [-0.05, 0) is 43.0 Å². The number of ether oxygens (including phenoxy) is 1. The van der Waals surface area contributed by atoms with Crippen LogP contribution >= 0.6 is 0 Å². The molecule has 0 amide bonds. The van der Waals surface area contributed by atoms with Crippen molar-refractivity contribution in [2.75, 3.05) is 18.6 Å². The Morgan fingerprint density at radius 1 is 1.24 bits per heavy atom. The fraction of sp³-hybridized carbons (Fsp3) is 0.240. The van der Waals surface area contributed by atoms with E-state index in [0.717, 1.165) is 0 Å². The van der Waals surface area contributed by atoms with Gasteiger partial charge in [0, 0.05) is 29.7 Å². The Balaban J connectivity index is 1.85. The van der Waals surface area contributed by atoms with E-state index in [1.54, 1.807) is 18.3 Å². The molecule has 1 fully saturated rings. The quantitative estimate of drug-likeness (QED) is 0.466. The van der Waals surface area contributed by atoms with Crippen LogP contribution in [-0.4, -0.2) is 51.0 Å². The molecule has 0 aliphatic carbocycles. The van der Waals surface area contributed by atoms with Crippen molar-refractivity contribution in [3.05, 3.63) is 47.9 Å². The predicted molar refractivity (Wildman–Crippen MR) is 124 cm³/mol. The van der Waals surface area contributed by atoms with Gasteiger partial charge in [0.2, 0.25) is 0 Å². The number of hydrogen-bond donors (Lipinski definition) is 2. The highest BCUT2D eigenvalue weighted by atomic mass is 19.1. The standard InChI is InChI=1S/C25H21FN4O3/c1-4-17-20(26)6-5-14-8-15(31)9-18(23(14)17)21-10-22-19(11-27-25(29-22)33-3)24(28-21)30-12-16(32)7-13(30)2/h1,5-6,8-11,13,16,31-32H,7,12H2,2-3H3. The topological polar surface area (TPSA) is 91.6 Å². The molecule has 2 aromatic heterocycles. The van der Waals surface area contributed by atoms with Gasteiger partial charge in [0.25, 0.3) is 0 Å². The van der Waals surface area contributed by atoms with Crippen LogP contribution in [0.15, 0.2) is 36.5 Å². The van der Waals surface area contributed by atoms with E-state index < -0.39 is 11.9 Å². The third-order valence-corrected chi connectivity index (χ3v) is 6.02. The second-order valence-corrected chi connectivity index (χ2v) is 8.17. The summed E-state index contributed by atoms with van der Waals surface area (Å²) in [6, 6.07) is 7.86. The Bertz CT molecular complexity index is 1450. The number of nitrogens with zero attached hydrogens (tertiary/aromatic N) is 4. The third kappa shape index (κ3) is 3.47. The van der Waals surface area contributed by atoms with Crippen LogP contribution in [-0.2, 0) is 0 Å². The summed E-state index contributed by atoms with van der Waals surface area (Å²) >= 11 is 0. The Morgan fingerprint density at radius 3 is 2.76 bits per heavy atom. The van der Waals surface area contributed by atoms with Crippen molar-refractivity contribution in [3.8, 4) is 35.4 Å². The normalized spacial score (nSPS) is 18.1. The number of phenols is 1. The highest BCUT2D eigenvalue weighted by Gasteiger charge is 2.30. The van der Waals surface area contributed by atoms with Crippen molar-refractivity contribution in [1.29, 1.82) is 0 Å². The molecule has 33 heavy (non-hydrogen) atoms. The number of phenolic OH excluding ortho intramolecular Hbond substituents is 1. The molecule has 0 spiro atoms. The molecule has 2 aromatic carbocycles. The van der Waals surface area contributed by atoms with Crippen LogP contribution in [0.3, 0.4) is 0 Å². The fourth-order valence-electron chi connectivity index (χ4n) is 4.52. The van der Waals surface area contributed by atoms with E-state index in [-0.39, 0.29) is 23.4 Å². The number of benzene rings is 2. The van der Waals surface area contributed by atoms with E-state index in [2.05, 4.69) is 15.9 Å². The van der Waals surface area contributed by atoms with Crippen molar-refractivity contribution in [3.63, 3.8) is 0 Å². The molecule has 1 aliphatic rings. The number of methoxy groups -OCH3 is 1. The monoisotopic (exact) mass is 444 g/mol. The van der Waals surface area contributed by atoms with Gasteiger partial charge >= 0.3 is 6.01 Å². The molecule has 7 nitrogen and oxygen atoms in total. The van der Waals surface area contributed by atoms with Crippen molar-refractivity contribution in [2.45, 2.75) is 25.5 Å². The Hall–Kier alpha value is -3.96. The smallest absolute Gasteiger partial charge is 0.316 e. The zero-order chi connectivity index (χ0) is 23.3.